The van der Waals surface area contributed by atoms with E-state index in [4.69, 9.17) is 25.8 Å². The van der Waals surface area contributed by atoms with Crippen LogP contribution in [0.2, 0.25) is 5.02 Å². The number of methoxy groups -OCH3 is 3. The Morgan fingerprint density at radius 3 is 2.06 bits per heavy atom. The molecule has 9 nitrogen and oxygen atoms in total. The number of nitrogens with zero attached hydrogens (tertiary/aromatic N) is 4. The lowest BCUT2D eigenvalue weighted by Gasteiger charge is -2.35. The van der Waals surface area contributed by atoms with Crippen LogP contribution in [0.15, 0.2) is 48.5 Å². The van der Waals surface area contributed by atoms with Gasteiger partial charge in [-0.15, -0.1) is 10.2 Å². The molecule has 1 aliphatic rings. The zero-order valence-corrected chi connectivity index (χ0v) is 20.0. The number of halogens is 1. The monoisotopic (exact) mass is 483 g/mol. The summed E-state index contributed by atoms with van der Waals surface area (Å²) in [7, 11) is 4.71. The average Bonchev–Trinajstić information content (AvgIpc) is 2.89. The van der Waals surface area contributed by atoms with Gasteiger partial charge in [0.1, 0.15) is 0 Å². The predicted molar refractivity (Wildman–Crippen MR) is 131 cm³/mol. The second kappa shape index (κ2) is 10.5. The fourth-order valence-electron chi connectivity index (χ4n) is 3.75. The molecule has 10 heteroatoms. The lowest BCUT2D eigenvalue weighted by molar-refractivity contribution is 0.208. The molecule has 0 aliphatic carbocycles. The smallest absolute Gasteiger partial charge is 0.321 e. The highest BCUT2D eigenvalue weighted by Gasteiger charge is 2.22. The van der Waals surface area contributed by atoms with Crippen molar-refractivity contribution in [3.63, 3.8) is 0 Å². The summed E-state index contributed by atoms with van der Waals surface area (Å²) in [5.41, 5.74) is 2.20. The number of carbonyl (C=O) groups is 1. The third kappa shape index (κ3) is 5.09. The predicted octanol–water partition coefficient (Wildman–Crippen LogP) is 4.18. The highest BCUT2D eigenvalue weighted by Crippen LogP contribution is 2.40. The normalized spacial score (nSPS) is 13.4. The molecule has 2 aromatic carbocycles. The molecule has 0 spiro atoms. The first kappa shape index (κ1) is 23.4. The first-order valence-corrected chi connectivity index (χ1v) is 11.1. The van der Waals surface area contributed by atoms with Crippen LogP contribution in [-0.4, -0.2) is 68.6 Å². The molecule has 2 amide bonds. The number of anilines is 2. The van der Waals surface area contributed by atoms with Crippen molar-refractivity contribution in [3.8, 4) is 28.5 Å². The highest BCUT2D eigenvalue weighted by atomic mass is 35.5. The Hall–Kier alpha value is -3.72. The number of carbonyl (C=O) groups excluding carboxylic acids is 1. The molecule has 1 aliphatic heterocycles. The molecule has 1 N–H and O–H groups in total. The van der Waals surface area contributed by atoms with E-state index in [1.54, 1.807) is 50.5 Å². The van der Waals surface area contributed by atoms with Crippen LogP contribution in [0.4, 0.5) is 16.3 Å². The molecular formula is C24H26ClN5O4. The maximum Gasteiger partial charge on any atom is 0.321 e. The summed E-state index contributed by atoms with van der Waals surface area (Å²) in [5, 5.41) is 12.3. The SMILES string of the molecule is COc1cc(-c2ccc(N3CCN(C(=O)Nc4ccc(Cl)cc4)CC3)nn2)cc(OC)c1OC. The molecule has 1 aromatic heterocycles. The van der Waals surface area contributed by atoms with E-state index in [1.807, 2.05) is 24.3 Å². The van der Waals surface area contributed by atoms with Crippen LogP contribution in [0.5, 0.6) is 17.2 Å². The van der Waals surface area contributed by atoms with Gasteiger partial charge in [-0.25, -0.2) is 4.79 Å². The minimum absolute atomic E-state index is 0.134. The van der Waals surface area contributed by atoms with Crippen LogP contribution in [-0.2, 0) is 0 Å². The quantitative estimate of drug-likeness (QED) is 0.562. The summed E-state index contributed by atoms with van der Waals surface area (Å²) in [6.07, 6.45) is 0. The summed E-state index contributed by atoms with van der Waals surface area (Å²) in [6.45, 7) is 2.48. The Labute approximate surface area is 203 Å². The summed E-state index contributed by atoms with van der Waals surface area (Å²) in [5.74, 6) is 2.39. The van der Waals surface area contributed by atoms with Crippen molar-refractivity contribution < 1.29 is 19.0 Å². The van der Waals surface area contributed by atoms with Gasteiger partial charge in [-0.2, -0.15) is 0 Å². The van der Waals surface area contributed by atoms with Gasteiger partial charge in [-0.3, -0.25) is 0 Å². The van der Waals surface area contributed by atoms with Gasteiger partial charge in [-0.05, 0) is 48.5 Å². The van der Waals surface area contributed by atoms with E-state index in [9.17, 15) is 4.79 Å². The number of nitrogens with one attached hydrogen (secondary N) is 1. The van der Waals surface area contributed by atoms with Gasteiger partial charge in [-0.1, -0.05) is 11.6 Å². The average molecular weight is 484 g/mol. The van der Waals surface area contributed by atoms with E-state index in [1.165, 1.54) is 0 Å². The minimum Gasteiger partial charge on any atom is -0.493 e. The fraction of sp³-hybridized carbons (Fsp3) is 0.292. The van der Waals surface area contributed by atoms with E-state index in [0.29, 0.717) is 59.8 Å². The molecule has 0 saturated carbocycles. The number of ether oxygens (including phenoxy) is 3. The first-order chi connectivity index (χ1) is 16.5. The number of hydrogen-bond acceptors (Lipinski definition) is 7. The number of aromatic nitrogens is 2. The van der Waals surface area contributed by atoms with Crippen LogP contribution < -0.4 is 24.4 Å². The molecule has 4 rings (SSSR count). The summed E-state index contributed by atoms with van der Waals surface area (Å²) in [6, 6.07) is 14.4. The number of amides is 2. The fourth-order valence-corrected chi connectivity index (χ4v) is 3.88. The second-order valence-electron chi connectivity index (χ2n) is 7.60. The van der Waals surface area contributed by atoms with Crippen molar-refractivity contribution in [2.24, 2.45) is 0 Å². The van der Waals surface area contributed by atoms with Crippen molar-refractivity contribution in [1.29, 1.82) is 0 Å². The Bertz CT molecular complexity index is 1110. The molecule has 0 atom stereocenters. The molecule has 3 aromatic rings. The maximum absolute atomic E-state index is 12.6. The summed E-state index contributed by atoms with van der Waals surface area (Å²) < 4.78 is 16.2. The van der Waals surface area contributed by atoms with Crippen LogP contribution in [0, 0.1) is 0 Å². The zero-order chi connectivity index (χ0) is 24.1. The van der Waals surface area contributed by atoms with Crippen LogP contribution in [0.25, 0.3) is 11.3 Å². The van der Waals surface area contributed by atoms with Gasteiger partial charge in [0.25, 0.3) is 0 Å². The Morgan fingerprint density at radius 1 is 0.882 bits per heavy atom. The van der Waals surface area contributed by atoms with E-state index in [0.717, 1.165) is 11.4 Å². The third-order valence-corrected chi connectivity index (χ3v) is 5.85. The lowest BCUT2D eigenvalue weighted by Crippen LogP contribution is -2.50. The van der Waals surface area contributed by atoms with Crippen molar-refractivity contribution in [1.82, 2.24) is 15.1 Å². The minimum atomic E-state index is -0.134. The zero-order valence-electron chi connectivity index (χ0n) is 19.2. The van der Waals surface area contributed by atoms with Crippen molar-refractivity contribution in [2.45, 2.75) is 0 Å². The van der Waals surface area contributed by atoms with Gasteiger partial charge in [0.05, 0.1) is 27.0 Å². The Kier molecular flexibility index (Phi) is 7.22. The van der Waals surface area contributed by atoms with Gasteiger partial charge in [0.15, 0.2) is 17.3 Å². The number of benzene rings is 2. The van der Waals surface area contributed by atoms with Crippen molar-refractivity contribution in [2.75, 3.05) is 57.7 Å². The molecule has 1 fully saturated rings. The molecule has 34 heavy (non-hydrogen) atoms. The summed E-state index contributed by atoms with van der Waals surface area (Å²) in [4.78, 5) is 16.4. The largest absolute Gasteiger partial charge is 0.493 e. The first-order valence-electron chi connectivity index (χ1n) is 10.7. The number of urea groups is 1. The Morgan fingerprint density at radius 2 is 1.53 bits per heavy atom. The van der Waals surface area contributed by atoms with Gasteiger partial charge in [0.2, 0.25) is 5.75 Å². The van der Waals surface area contributed by atoms with Gasteiger partial charge < -0.3 is 29.3 Å². The topological polar surface area (TPSA) is 89.1 Å². The van der Waals surface area contributed by atoms with Crippen LogP contribution in [0.1, 0.15) is 0 Å². The number of piperazine rings is 1. The van der Waals surface area contributed by atoms with Gasteiger partial charge in [0, 0.05) is 42.5 Å². The standard InChI is InChI=1S/C24H26ClN5O4/c1-32-20-14-16(15-21(33-2)23(20)34-3)19-8-9-22(28-27-19)29-10-12-30(13-11-29)24(31)26-18-6-4-17(25)5-7-18/h4-9,14-15H,10-13H2,1-3H3,(H,26,31). The summed E-state index contributed by atoms with van der Waals surface area (Å²) >= 11 is 5.90. The van der Waals surface area contributed by atoms with E-state index in [-0.39, 0.29) is 6.03 Å². The highest BCUT2D eigenvalue weighted by molar-refractivity contribution is 6.30. The van der Waals surface area contributed by atoms with Crippen LogP contribution >= 0.6 is 11.6 Å². The molecule has 0 radical (unpaired) electrons. The van der Waals surface area contributed by atoms with Gasteiger partial charge >= 0.3 is 6.03 Å². The van der Waals surface area contributed by atoms with Crippen molar-refractivity contribution in [3.05, 3.63) is 53.6 Å². The number of rotatable bonds is 6. The van der Waals surface area contributed by atoms with E-state index >= 15 is 0 Å². The molecule has 1 saturated heterocycles. The maximum atomic E-state index is 12.6. The van der Waals surface area contributed by atoms with Crippen molar-refractivity contribution >= 4 is 29.1 Å². The van der Waals surface area contributed by atoms with Crippen LogP contribution in [0.3, 0.4) is 0 Å². The molecular weight excluding hydrogens is 458 g/mol. The molecule has 2 heterocycles. The van der Waals surface area contributed by atoms with E-state index in [2.05, 4.69) is 20.4 Å². The third-order valence-electron chi connectivity index (χ3n) is 5.60. The molecule has 178 valence electrons. The number of hydrogen-bond donors (Lipinski definition) is 1. The molecule has 0 unspecified atom stereocenters. The molecule has 0 bridgehead atoms. The Balaban J connectivity index is 1.40. The van der Waals surface area contributed by atoms with E-state index < -0.39 is 0 Å². The second-order valence-corrected chi connectivity index (χ2v) is 8.04. The lowest BCUT2D eigenvalue weighted by atomic mass is 10.1.